The SMILES string of the molecule is CC(C)(C)OC(=O)N1CC(CN2C(=O)COc3cc(I)c(Br)cc32)C1. The van der Waals surface area contributed by atoms with E-state index in [0.29, 0.717) is 19.6 Å². The monoisotopic (exact) mass is 522 g/mol. The Bertz CT molecular complexity index is 713. The molecule has 2 aliphatic rings. The van der Waals surface area contributed by atoms with Crippen molar-refractivity contribution in [3.63, 3.8) is 0 Å². The van der Waals surface area contributed by atoms with Gasteiger partial charge in [0.2, 0.25) is 0 Å². The van der Waals surface area contributed by atoms with Gasteiger partial charge in [-0.1, -0.05) is 0 Å². The summed E-state index contributed by atoms with van der Waals surface area (Å²) in [5.74, 6) is 0.896. The Morgan fingerprint density at radius 3 is 2.72 bits per heavy atom. The van der Waals surface area contributed by atoms with Crippen molar-refractivity contribution in [3.8, 4) is 5.75 Å². The van der Waals surface area contributed by atoms with E-state index in [4.69, 9.17) is 9.47 Å². The van der Waals surface area contributed by atoms with Crippen molar-refractivity contribution in [2.45, 2.75) is 26.4 Å². The normalized spacial score (nSPS) is 17.7. The van der Waals surface area contributed by atoms with Gasteiger partial charge in [-0.25, -0.2) is 4.79 Å². The molecule has 2 aliphatic heterocycles. The zero-order chi connectivity index (χ0) is 18.4. The lowest BCUT2D eigenvalue weighted by Crippen LogP contribution is -2.56. The van der Waals surface area contributed by atoms with Gasteiger partial charge in [0.1, 0.15) is 11.4 Å². The van der Waals surface area contributed by atoms with E-state index in [2.05, 4.69) is 38.5 Å². The lowest BCUT2D eigenvalue weighted by Gasteiger charge is -2.42. The quantitative estimate of drug-likeness (QED) is 0.556. The number of nitrogens with zero attached hydrogens (tertiary/aromatic N) is 2. The molecule has 1 fully saturated rings. The van der Waals surface area contributed by atoms with Gasteiger partial charge in [-0.05, 0) is 71.4 Å². The number of carbonyl (C=O) groups is 2. The van der Waals surface area contributed by atoms with E-state index in [1.54, 1.807) is 9.80 Å². The molecule has 8 heteroatoms. The second-order valence-corrected chi connectivity index (χ2v) is 9.29. The van der Waals surface area contributed by atoms with Gasteiger partial charge in [0, 0.05) is 33.6 Å². The van der Waals surface area contributed by atoms with Crippen LogP contribution in [0.3, 0.4) is 0 Å². The van der Waals surface area contributed by atoms with Crippen LogP contribution in [0.15, 0.2) is 16.6 Å². The van der Waals surface area contributed by atoms with Crippen molar-refractivity contribution < 1.29 is 19.1 Å². The molecule has 136 valence electrons. The maximum atomic E-state index is 12.3. The smallest absolute Gasteiger partial charge is 0.410 e. The van der Waals surface area contributed by atoms with Crippen molar-refractivity contribution in [1.29, 1.82) is 0 Å². The van der Waals surface area contributed by atoms with Gasteiger partial charge >= 0.3 is 6.09 Å². The zero-order valence-electron chi connectivity index (χ0n) is 14.3. The van der Waals surface area contributed by atoms with Crippen LogP contribution in [0.4, 0.5) is 10.5 Å². The number of hydrogen-bond donors (Lipinski definition) is 0. The lowest BCUT2D eigenvalue weighted by molar-refractivity contribution is -0.121. The van der Waals surface area contributed by atoms with Gasteiger partial charge in [-0.2, -0.15) is 0 Å². The van der Waals surface area contributed by atoms with Crippen LogP contribution in [0, 0.1) is 9.49 Å². The molecule has 0 aliphatic carbocycles. The van der Waals surface area contributed by atoms with Gasteiger partial charge in [0.25, 0.3) is 5.91 Å². The minimum Gasteiger partial charge on any atom is -0.482 e. The molecule has 6 nitrogen and oxygen atoms in total. The molecule has 0 N–H and O–H groups in total. The molecule has 1 saturated heterocycles. The van der Waals surface area contributed by atoms with Gasteiger partial charge < -0.3 is 19.3 Å². The summed E-state index contributed by atoms with van der Waals surface area (Å²) < 4.78 is 12.9. The van der Waals surface area contributed by atoms with Crippen LogP contribution in [0.25, 0.3) is 0 Å². The summed E-state index contributed by atoms with van der Waals surface area (Å²) in [4.78, 5) is 27.8. The summed E-state index contributed by atoms with van der Waals surface area (Å²) >= 11 is 5.72. The van der Waals surface area contributed by atoms with Gasteiger partial charge in [0.05, 0.1) is 5.69 Å². The fraction of sp³-hybridized carbons (Fsp3) is 0.529. The van der Waals surface area contributed by atoms with E-state index in [9.17, 15) is 9.59 Å². The summed E-state index contributed by atoms with van der Waals surface area (Å²) in [7, 11) is 0. The van der Waals surface area contributed by atoms with Crippen LogP contribution in [0.5, 0.6) is 5.75 Å². The van der Waals surface area contributed by atoms with Crippen LogP contribution < -0.4 is 9.64 Å². The van der Waals surface area contributed by atoms with Crippen molar-refractivity contribution in [2.75, 3.05) is 31.1 Å². The van der Waals surface area contributed by atoms with E-state index < -0.39 is 5.60 Å². The van der Waals surface area contributed by atoms with Crippen LogP contribution >= 0.6 is 38.5 Å². The molecule has 25 heavy (non-hydrogen) atoms. The first-order valence-corrected chi connectivity index (χ1v) is 9.91. The number of likely N-dealkylation sites (tertiary alicyclic amines) is 1. The summed E-state index contributed by atoms with van der Waals surface area (Å²) in [6, 6.07) is 3.84. The molecule has 0 saturated carbocycles. The molecule has 2 heterocycles. The molecule has 3 rings (SSSR count). The highest BCUT2D eigenvalue weighted by atomic mass is 127. The Morgan fingerprint density at radius 1 is 1.40 bits per heavy atom. The Morgan fingerprint density at radius 2 is 2.08 bits per heavy atom. The standard InChI is InChI=1S/C17H20BrIN2O4/c1-17(2,3)25-16(23)20-6-10(7-20)8-21-13-4-11(18)12(19)5-14(13)24-9-15(21)22/h4-5,10H,6-9H2,1-3H3. The topological polar surface area (TPSA) is 59.1 Å². The van der Waals surface area contributed by atoms with E-state index in [1.807, 2.05) is 32.9 Å². The summed E-state index contributed by atoms with van der Waals surface area (Å²) in [5, 5.41) is 0. The highest BCUT2D eigenvalue weighted by molar-refractivity contribution is 14.1. The molecule has 0 spiro atoms. The maximum Gasteiger partial charge on any atom is 0.410 e. The number of anilines is 1. The number of amides is 2. The molecule has 2 amide bonds. The predicted molar refractivity (Wildman–Crippen MR) is 106 cm³/mol. The molecule has 0 atom stereocenters. The largest absolute Gasteiger partial charge is 0.482 e. The molecule has 0 bridgehead atoms. The molecule has 1 aromatic rings. The maximum absolute atomic E-state index is 12.3. The van der Waals surface area contributed by atoms with Crippen molar-refractivity contribution in [3.05, 3.63) is 20.2 Å². The first-order valence-electron chi connectivity index (χ1n) is 8.04. The third-order valence-corrected chi connectivity index (χ3v) is 6.28. The molecular weight excluding hydrogens is 503 g/mol. The number of halogens is 2. The van der Waals surface area contributed by atoms with Gasteiger partial charge in [-0.15, -0.1) is 0 Å². The molecule has 0 aromatic heterocycles. The minimum absolute atomic E-state index is 0.0488. The Hall–Kier alpha value is -1.03. The first-order chi connectivity index (χ1) is 11.6. The third-order valence-electron chi connectivity index (χ3n) is 3.99. The van der Waals surface area contributed by atoms with E-state index in [1.165, 1.54) is 0 Å². The van der Waals surface area contributed by atoms with Crippen molar-refractivity contribution in [1.82, 2.24) is 4.90 Å². The predicted octanol–water partition coefficient (Wildman–Crippen LogP) is 3.65. The number of fused-ring (bicyclic) bond motifs is 1. The Balaban J connectivity index is 1.64. The summed E-state index contributed by atoms with van der Waals surface area (Å²) in [6.07, 6.45) is -0.297. The third kappa shape index (κ3) is 4.21. The fourth-order valence-corrected chi connectivity index (χ4v) is 3.59. The highest BCUT2D eigenvalue weighted by Gasteiger charge is 2.37. The Kier molecular flexibility index (Phi) is 5.21. The van der Waals surface area contributed by atoms with Crippen LogP contribution in [-0.4, -0.2) is 48.7 Å². The average molecular weight is 523 g/mol. The van der Waals surface area contributed by atoms with Crippen molar-refractivity contribution >= 4 is 56.2 Å². The Labute approximate surface area is 169 Å². The van der Waals surface area contributed by atoms with Crippen LogP contribution in [0.1, 0.15) is 20.8 Å². The van der Waals surface area contributed by atoms with E-state index in [0.717, 1.165) is 19.5 Å². The van der Waals surface area contributed by atoms with E-state index in [-0.39, 0.29) is 24.5 Å². The first kappa shape index (κ1) is 18.8. The van der Waals surface area contributed by atoms with Crippen LogP contribution in [0.2, 0.25) is 0 Å². The summed E-state index contributed by atoms with van der Waals surface area (Å²) in [5.41, 5.74) is 0.282. The fourth-order valence-electron chi connectivity index (χ4n) is 2.82. The second kappa shape index (κ2) is 6.94. The van der Waals surface area contributed by atoms with E-state index >= 15 is 0 Å². The van der Waals surface area contributed by atoms with Gasteiger partial charge in [0.15, 0.2) is 6.61 Å². The zero-order valence-corrected chi connectivity index (χ0v) is 18.1. The van der Waals surface area contributed by atoms with Gasteiger partial charge in [-0.3, -0.25) is 4.79 Å². The molecule has 1 aromatic carbocycles. The second-order valence-electron chi connectivity index (χ2n) is 7.28. The minimum atomic E-state index is -0.495. The number of rotatable bonds is 2. The number of hydrogen-bond acceptors (Lipinski definition) is 4. The highest BCUT2D eigenvalue weighted by Crippen LogP contribution is 2.38. The van der Waals surface area contributed by atoms with Crippen molar-refractivity contribution in [2.24, 2.45) is 5.92 Å². The number of benzene rings is 1. The molecular formula is C17H20BrIN2O4. The average Bonchev–Trinajstić information content (AvgIpc) is 2.44. The van der Waals surface area contributed by atoms with Crippen LogP contribution in [-0.2, 0) is 9.53 Å². The number of carbonyl (C=O) groups excluding carboxylic acids is 2. The molecule has 0 unspecified atom stereocenters. The lowest BCUT2D eigenvalue weighted by atomic mass is 9.99. The number of ether oxygens (including phenoxy) is 2. The molecule has 0 radical (unpaired) electrons. The summed E-state index contributed by atoms with van der Waals surface area (Å²) in [6.45, 7) is 7.37.